The first-order valence-electron chi connectivity index (χ1n) is 8.02. The third-order valence-corrected chi connectivity index (χ3v) is 4.46. The zero-order valence-corrected chi connectivity index (χ0v) is 14.2. The summed E-state index contributed by atoms with van der Waals surface area (Å²) in [7, 11) is 0. The van der Waals surface area contributed by atoms with E-state index in [0.29, 0.717) is 16.2 Å². The molecule has 0 spiro atoms. The predicted molar refractivity (Wildman–Crippen MR) is 92.9 cm³/mol. The summed E-state index contributed by atoms with van der Waals surface area (Å²) in [5, 5.41) is 10.9. The summed E-state index contributed by atoms with van der Waals surface area (Å²) in [5.74, 6) is -0.383. The van der Waals surface area contributed by atoms with Crippen LogP contribution in [0.1, 0.15) is 60.5 Å². The zero-order valence-electron chi connectivity index (χ0n) is 13.4. The van der Waals surface area contributed by atoms with Crippen LogP contribution in [0.3, 0.4) is 0 Å². The number of nitrogens with zero attached hydrogens (tertiary/aromatic N) is 1. The second-order valence-electron chi connectivity index (χ2n) is 5.52. The minimum atomic E-state index is -0.383. The smallest absolute Gasteiger partial charge is 0.344 e. The van der Waals surface area contributed by atoms with Gasteiger partial charge in [-0.15, -0.1) is 11.3 Å². The first kappa shape index (κ1) is 17.2. The Bertz CT molecular complexity index is 667. The van der Waals surface area contributed by atoms with E-state index in [1.165, 1.54) is 49.0 Å². The number of rotatable bonds is 8. The van der Waals surface area contributed by atoms with Crippen LogP contribution in [0.15, 0.2) is 35.7 Å². The molecule has 4 heteroatoms. The van der Waals surface area contributed by atoms with Crippen LogP contribution in [0.4, 0.5) is 0 Å². The van der Waals surface area contributed by atoms with E-state index in [2.05, 4.69) is 6.92 Å². The van der Waals surface area contributed by atoms with Gasteiger partial charge in [-0.1, -0.05) is 44.7 Å². The van der Waals surface area contributed by atoms with E-state index in [9.17, 15) is 4.79 Å². The topological polar surface area (TPSA) is 50.1 Å². The molecule has 0 fully saturated rings. The van der Waals surface area contributed by atoms with Gasteiger partial charge in [-0.2, -0.15) is 5.26 Å². The van der Waals surface area contributed by atoms with Crippen molar-refractivity contribution in [3.05, 3.63) is 52.4 Å². The van der Waals surface area contributed by atoms with Gasteiger partial charge in [0, 0.05) is 11.4 Å². The molecule has 0 radical (unpaired) electrons. The number of hydrogen-bond acceptors (Lipinski definition) is 4. The maximum absolute atomic E-state index is 12.1. The van der Waals surface area contributed by atoms with E-state index in [4.69, 9.17) is 10.00 Å². The van der Waals surface area contributed by atoms with Crippen LogP contribution in [0.5, 0.6) is 5.06 Å². The second-order valence-corrected chi connectivity index (χ2v) is 6.39. The largest absolute Gasteiger partial charge is 0.412 e. The van der Waals surface area contributed by atoms with E-state index in [0.717, 1.165) is 6.42 Å². The number of benzene rings is 1. The van der Waals surface area contributed by atoms with Crippen molar-refractivity contribution in [3.8, 4) is 11.1 Å². The SMILES string of the molecule is CCCCCCCc1ccc(C(=O)Oc2cc(C#N)cs2)cc1. The van der Waals surface area contributed by atoms with E-state index in [-0.39, 0.29) is 5.97 Å². The number of carbonyl (C=O) groups is 1. The molecule has 0 aliphatic rings. The highest BCUT2D eigenvalue weighted by Crippen LogP contribution is 2.23. The van der Waals surface area contributed by atoms with Gasteiger partial charge in [0.25, 0.3) is 0 Å². The standard InChI is InChI=1S/C19H21NO2S/c1-2-3-4-5-6-7-15-8-10-17(11-9-15)19(21)22-18-12-16(13-20)14-23-18/h8-12,14H,2-7H2,1H3. The van der Waals surface area contributed by atoms with Gasteiger partial charge in [0.15, 0.2) is 5.06 Å². The monoisotopic (exact) mass is 327 g/mol. The molecule has 0 aliphatic carbocycles. The Labute approximate surface area is 141 Å². The Morgan fingerprint density at radius 1 is 1.17 bits per heavy atom. The maximum atomic E-state index is 12.1. The van der Waals surface area contributed by atoms with Crippen molar-refractivity contribution in [2.75, 3.05) is 0 Å². The van der Waals surface area contributed by atoms with Gasteiger partial charge in [0.1, 0.15) is 6.07 Å². The van der Waals surface area contributed by atoms with Crippen molar-refractivity contribution >= 4 is 17.3 Å². The Hall–Kier alpha value is -2.12. The highest BCUT2D eigenvalue weighted by atomic mass is 32.1. The molecule has 1 aromatic carbocycles. The highest BCUT2D eigenvalue weighted by molar-refractivity contribution is 7.12. The van der Waals surface area contributed by atoms with E-state index < -0.39 is 0 Å². The van der Waals surface area contributed by atoms with Crippen molar-refractivity contribution in [2.45, 2.75) is 45.4 Å². The minimum Gasteiger partial charge on any atom is -0.412 e. The molecular formula is C19H21NO2S. The molecule has 2 aromatic rings. The molecule has 120 valence electrons. The van der Waals surface area contributed by atoms with Crippen LogP contribution in [0.2, 0.25) is 0 Å². The minimum absolute atomic E-state index is 0.383. The average Bonchev–Trinajstić information content (AvgIpc) is 3.03. The number of hydrogen-bond donors (Lipinski definition) is 0. The van der Waals surface area contributed by atoms with Crippen LogP contribution >= 0.6 is 11.3 Å². The van der Waals surface area contributed by atoms with Crippen LogP contribution in [0.25, 0.3) is 0 Å². The van der Waals surface area contributed by atoms with E-state index >= 15 is 0 Å². The molecule has 0 saturated heterocycles. The summed E-state index contributed by atoms with van der Waals surface area (Å²) in [4.78, 5) is 12.1. The molecule has 0 unspecified atom stereocenters. The molecule has 0 bridgehead atoms. The van der Waals surface area contributed by atoms with Gasteiger partial charge in [0.05, 0.1) is 11.1 Å². The highest BCUT2D eigenvalue weighted by Gasteiger charge is 2.10. The molecule has 3 nitrogen and oxygen atoms in total. The molecular weight excluding hydrogens is 306 g/mol. The lowest BCUT2D eigenvalue weighted by Crippen LogP contribution is -2.07. The molecule has 1 heterocycles. The third kappa shape index (κ3) is 5.54. The van der Waals surface area contributed by atoms with Crippen molar-refractivity contribution < 1.29 is 9.53 Å². The van der Waals surface area contributed by atoms with Crippen LogP contribution in [-0.2, 0) is 6.42 Å². The fourth-order valence-electron chi connectivity index (χ4n) is 2.32. The van der Waals surface area contributed by atoms with Crippen molar-refractivity contribution in [2.24, 2.45) is 0 Å². The van der Waals surface area contributed by atoms with Crippen LogP contribution < -0.4 is 4.74 Å². The molecule has 0 aliphatic heterocycles. The summed E-state index contributed by atoms with van der Waals surface area (Å²) in [6.45, 7) is 2.22. The van der Waals surface area contributed by atoms with E-state index in [1.54, 1.807) is 11.4 Å². The number of nitriles is 1. The molecule has 0 N–H and O–H groups in total. The molecule has 2 rings (SSSR count). The second kappa shape index (κ2) is 9.12. The molecule has 23 heavy (non-hydrogen) atoms. The summed E-state index contributed by atoms with van der Waals surface area (Å²) >= 11 is 1.25. The summed E-state index contributed by atoms with van der Waals surface area (Å²) in [5.41, 5.74) is 2.30. The molecule has 0 amide bonds. The number of esters is 1. The van der Waals surface area contributed by atoms with Crippen molar-refractivity contribution in [1.82, 2.24) is 0 Å². The number of carbonyl (C=O) groups excluding carboxylic acids is 1. The Kier molecular flexibility index (Phi) is 6.83. The maximum Gasteiger partial charge on any atom is 0.344 e. The van der Waals surface area contributed by atoms with Gasteiger partial charge >= 0.3 is 5.97 Å². The third-order valence-electron chi connectivity index (χ3n) is 3.66. The number of ether oxygens (including phenoxy) is 1. The first-order valence-corrected chi connectivity index (χ1v) is 8.90. The molecule has 0 saturated carbocycles. The van der Waals surface area contributed by atoms with Gasteiger partial charge in [-0.25, -0.2) is 4.79 Å². The van der Waals surface area contributed by atoms with Gasteiger partial charge in [0.2, 0.25) is 0 Å². The summed E-state index contributed by atoms with van der Waals surface area (Å²) < 4.78 is 5.28. The lowest BCUT2D eigenvalue weighted by Gasteiger charge is -2.04. The lowest BCUT2D eigenvalue weighted by molar-refractivity contribution is 0.0740. The normalized spacial score (nSPS) is 10.3. The zero-order chi connectivity index (χ0) is 16.5. The first-order chi connectivity index (χ1) is 11.2. The van der Waals surface area contributed by atoms with Crippen molar-refractivity contribution in [1.29, 1.82) is 5.26 Å². The van der Waals surface area contributed by atoms with Gasteiger partial charge < -0.3 is 4.74 Å². The summed E-state index contributed by atoms with van der Waals surface area (Å²) in [6.07, 6.45) is 7.37. The quantitative estimate of drug-likeness (QED) is 0.485. The fourth-order valence-corrected chi connectivity index (χ4v) is 3.00. The fraction of sp³-hybridized carbons (Fsp3) is 0.368. The molecule has 1 aromatic heterocycles. The van der Waals surface area contributed by atoms with Crippen LogP contribution in [-0.4, -0.2) is 5.97 Å². The predicted octanol–water partition coefficient (Wildman–Crippen LogP) is 5.35. The van der Waals surface area contributed by atoms with Crippen LogP contribution in [0, 0.1) is 11.3 Å². The Balaban J connectivity index is 1.83. The molecule has 0 atom stereocenters. The van der Waals surface area contributed by atoms with Gasteiger partial charge in [-0.05, 0) is 30.5 Å². The average molecular weight is 327 g/mol. The number of aryl methyl sites for hydroxylation is 1. The van der Waals surface area contributed by atoms with E-state index in [1.807, 2.05) is 30.3 Å². The lowest BCUT2D eigenvalue weighted by atomic mass is 10.0. The Morgan fingerprint density at radius 2 is 1.91 bits per heavy atom. The Morgan fingerprint density at radius 3 is 2.57 bits per heavy atom. The number of unbranched alkanes of at least 4 members (excludes halogenated alkanes) is 4. The van der Waals surface area contributed by atoms with Gasteiger partial charge in [-0.3, -0.25) is 0 Å². The summed E-state index contributed by atoms with van der Waals surface area (Å²) in [6, 6.07) is 11.2. The number of thiophene rings is 1. The van der Waals surface area contributed by atoms with Crippen molar-refractivity contribution in [3.63, 3.8) is 0 Å².